The molecule has 1 atom stereocenters. The Morgan fingerprint density at radius 1 is 1.09 bits per heavy atom. The van der Waals surface area contributed by atoms with Crippen molar-refractivity contribution >= 4 is 12.1 Å². The number of aromatic nitrogens is 2. The van der Waals surface area contributed by atoms with Crippen LogP contribution in [0.1, 0.15) is 48.2 Å². The molecule has 0 aliphatic heterocycles. The molecule has 1 unspecified atom stereocenters. The summed E-state index contributed by atoms with van der Waals surface area (Å²) >= 11 is 0. The number of aliphatic carboxylic acids is 1. The topological polar surface area (TPSA) is 84.7 Å². The number of ether oxygens (including phenoxy) is 1. The Kier molecular flexibility index (Phi) is 5.99. The lowest BCUT2D eigenvalue weighted by atomic mass is 9.98. The van der Waals surface area contributed by atoms with Gasteiger partial charge >= 0.3 is 12.1 Å². The summed E-state index contributed by atoms with van der Waals surface area (Å²) in [5.41, 5.74) is 5.67. The van der Waals surface area contributed by atoms with Gasteiger partial charge in [0.2, 0.25) is 0 Å². The number of hydrogen-bond acceptors (Lipinski definition) is 4. The number of carbonyl (C=O) groups excluding carboxylic acids is 1. The Labute approximate surface area is 187 Å². The van der Waals surface area contributed by atoms with Gasteiger partial charge in [-0.3, -0.25) is 9.58 Å². The molecule has 32 heavy (non-hydrogen) atoms. The number of benzene rings is 2. The molecule has 0 saturated carbocycles. The van der Waals surface area contributed by atoms with Gasteiger partial charge in [0.05, 0.1) is 5.69 Å². The summed E-state index contributed by atoms with van der Waals surface area (Å²) in [5.74, 6) is -1.19. The van der Waals surface area contributed by atoms with Gasteiger partial charge in [-0.25, -0.2) is 9.59 Å². The van der Waals surface area contributed by atoms with Gasteiger partial charge in [0, 0.05) is 31.3 Å². The number of nitrogens with zero attached hydrogens (tertiary/aromatic N) is 3. The lowest BCUT2D eigenvalue weighted by Gasteiger charge is -2.27. The minimum absolute atomic E-state index is 0.0853. The highest BCUT2D eigenvalue weighted by Crippen LogP contribution is 2.44. The van der Waals surface area contributed by atoms with E-state index >= 15 is 0 Å². The third-order valence-electron chi connectivity index (χ3n) is 6.02. The zero-order valence-corrected chi connectivity index (χ0v) is 18.5. The van der Waals surface area contributed by atoms with Crippen molar-refractivity contribution in [2.45, 2.75) is 32.2 Å². The molecule has 7 nitrogen and oxygen atoms in total. The van der Waals surface area contributed by atoms with E-state index in [2.05, 4.69) is 29.4 Å². The molecule has 3 aromatic rings. The van der Waals surface area contributed by atoms with Gasteiger partial charge in [0.1, 0.15) is 6.61 Å². The Balaban J connectivity index is 1.58. The standard InChI is InChI=1S/C25H27N3O4/c1-4-22-20(14-27(3)26-22)23(24(29)30)28(5-2)25(31)32-15-21-18-12-8-6-10-16(18)17-11-7-9-13-19(17)21/h6-14,21,23H,4-5,15H2,1-3H3,(H,29,30). The fraction of sp³-hybridized carbons (Fsp3) is 0.320. The van der Waals surface area contributed by atoms with E-state index in [1.807, 2.05) is 31.2 Å². The third kappa shape index (κ3) is 3.75. The highest BCUT2D eigenvalue weighted by atomic mass is 16.6. The van der Waals surface area contributed by atoms with Crippen molar-refractivity contribution in [3.8, 4) is 11.1 Å². The number of carboxylic acid groups (broad SMARTS) is 1. The summed E-state index contributed by atoms with van der Waals surface area (Å²) in [6.45, 7) is 4.00. The molecule has 0 spiro atoms. The van der Waals surface area contributed by atoms with Crippen LogP contribution >= 0.6 is 0 Å². The Morgan fingerprint density at radius 3 is 2.22 bits per heavy atom. The third-order valence-corrected chi connectivity index (χ3v) is 6.02. The second-order valence-electron chi connectivity index (χ2n) is 7.89. The minimum Gasteiger partial charge on any atom is -0.479 e. The molecule has 1 aliphatic rings. The summed E-state index contributed by atoms with van der Waals surface area (Å²) in [4.78, 5) is 26.5. The van der Waals surface area contributed by atoms with Crippen LogP contribution in [0, 0.1) is 0 Å². The molecule has 0 saturated heterocycles. The van der Waals surface area contributed by atoms with Crippen LogP contribution < -0.4 is 0 Å². The van der Waals surface area contributed by atoms with Crippen LogP contribution in [0.3, 0.4) is 0 Å². The first-order chi connectivity index (χ1) is 15.5. The summed E-state index contributed by atoms with van der Waals surface area (Å²) in [7, 11) is 1.74. The normalized spacial score (nSPS) is 13.3. The first-order valence-corrected chi connectivity index (χ1v) is 10.8. The smallest absolute Gasteiger partial charge is 0.410 e. The maximum Gasteiger partial charge on any atom is 0.410 e. The molecular weight excluding hydrogens is 406 g/mol. The van der Waals surface area contributed by atoms with E-state index in [-0.39, 0.29) is 19.1 Å². The van der Waals surface area contributed by atoms with Gasteiger partial charge in [-0.15, -0.1) is 0 Å². The lowest BCUT2D eigenvalue weighted by molar-refractivity contribution is -0.143. The molecule has 1 N–H and O–H groups in total. The van der Waals surface area contributed by atoms with Gasteiger partial charge in [0.25, 0.3) is 0 Å². The van der Waals surface area contributed by atoms with Gasteiger partial charge < -0.3 is 9.84 Å². The van der Waals surface area contributed by atoms with Crippen molar-refractivity contribution in [3.63, 3.8) is 0 Å². The van der Waals surface area contributed by atoms with Gasteiger partial charge in [-0.05, 0) is 35.6 Å². The van der Waals surface area contributed by atoms with Crippen LogP contribution in [0.5, 0.6) is 0 Å². The van der Waals surface area contributed by atoms with E-state index in [9.17, 15) is 14.7 Å². The predicted molar refractivity (Wildman–Crippen MR) is 120 cm³/mol. The molecule has 166 valence electrons. The average Bonchev–Trinajstić information content (AvgIpc) is 3.32. The van der Waals surface area contributed by atoms with Crippen molar-refractivity contribution < 1.29 is 19.4 Å². The Morgan fingerprint density at radius 2 is 1.69 bits per heavy atom. The quantitative estimate of drug-likeness (QED) is 0.598. The molecule has 2 aromatic carbocycles. The van der Waals surface area contributed by atoms with E-state index in [1.54, 1.807) is 24.9 Å². The zero-order valence-electron chi connectivity index (χ0n) is 18.5. The molecule has 4 rings (SSSR count). The molecular formula is C25H27N3O4. The van der Waals surface area contributed by atoms with E-state index < -0.39 is 18.1 Å². The fourth-order valence-corrected chi connectivity index (χ4v) is 4.58. The predicted octanol–water partition coefficient (Wildman–Crippen LogP) is 4.38. The molecule has 1 aliphatic carbocycles. The molecule has 1 heterocycles. The molecule has 0 bridgehead atoms. The first-order valence-electron chi connectivity index (χ1n) is 10.8. The van der Waals surface area contributed by atoms with Gasteiger partial charge in [-0.1, -0.05) is 55.5 Å². The van der Waals surface area contributed by atoms with E-state index in [4.69, 9.17) is 4.74 Å². The van der Waals surface area contributed by atoms with Crippen molar-refractivity contribution in [1.29, 1.82) is 0 Å². The number of aryl methyl sites for hydroxylation is 2. The second-order valence-corrected chi connectivity index (χ2v) is 7.89. The number of rotatable bonds is 7. The van der Waals surface area contributed by atoms with E-state index in [0.717, 1.165) is 22.3 Å². The number of hydrogen-bond donors (Lipinski definition) is 1. The fourth-order valence-electron chi connectivity index (χ4n) is 4.58. The average molecular weight is 434 g/mol. The lowest BCUT2D eigenvalue weighted by Crippen LogP contribution is -2.40. The van der Waals surface area contributed by atoms with Crippen LogP contribution in [-0.2, 0) is 23.0 Å². The zero-order chi connectivity index (χ0) is 22.8. The highest BCUT2D eigenvalue weighted by Gasteiger charge is 2.35. The Bertz CT molecular complexity index is 1110. The summed E-state index contributed by atoms with van der Waals surface area (Å²) in [5, 5.41) is 14.3. The van der Waals surface area contributed by atoms with Gasteiger partial charge in [0.15, 0.2) is 6.04 Å². The monoisotopic (exact) mass is 433 g/mol. The molecule has 1 amide bonds. The number of amides is 1. The summed E-state index contributed by atoms with van der Waals surface area (Å²) in [6, 6.07) is 15.1. The maximum absolute atomic E-state index is 13.1. The van der Waals surface area contributed by atoms with Crippen LogP contribution in [0.15, 0.2) is 54.7 Å². The number of fused-ring (bicyclic) bond motifs is 3. The van der Waals surface area contributed by atoms with Crippen LogP contribution in [0.4, 0.5) is 4.79 Å². The SMILES string of the molecule is CCc1nn(C)cc1C(C(=O)O)N(CC)C(=O)OCC1c2ccccc2-c2ccccc21. The largest absolute Gasteiger partial charge is 0.479 e. The van der Waals surface area contributed by atoms with Gasteiger partial charge in [-0.2, -0.15) is 5.10 Å². The number of likely N-dealkylation sites (N-methyl/N-ethyl adjacent to an activating group) is 1. The summed E-state index contributed by atoms with van der Waals surface area (Å²) in [6.07, 6.45) is 1.59. The van der Waals surface area contributed by atoms with Crippen LogP contribution in [-0.4, -0.2) is 45.0 Å². The molecule has 1 aromatic heterocycles. The van der Waals surface area contributed by atoms with E-state index in [0.29, 0.717) is 17.7 Å². The second kappa shape index (κ2) is 8.86. The summed E-state index contributed by atoms with van der Waals surface area (Å²) < 4.78 is 7.30. The number of carboxylic acids is 1. The van der Waals surface area contributed by atoms with Crippen LogP contribution in [0.25, 0.3) is 11.1 Å². The van der Waals surface area contributed by atoms with Crippen molar-refractivity contribution in [2.75, 3.05) is 13.2 Å². The van der Waals surface area contributed by atoms with Crippen LogP contribution in [0.2, 0.25) is 0 Å². The molecule has 0 radical (unpaired) electrons. The number of carbonyl (C=O) groups is 2. The highest BCUT2D eigenvalue weighted by molar-refractivity contribution is 5.82. The Hall–Kier alpha value is -3.61. The first kappa shape index (κ1) is 21.6. The molecule has 0 fully saturated rings. The molecule has 7 heteroatoms. The van der Waals surface area contributed by atoms with E-state index in [1.165, 1.54) is 4.90 Å². The maximum atomic E-state index is 13.1. The van der Waals surface area contributed by atoms with Crippen molar-refractivity contribution in [1.82, 2.24) is 14.7 Å². The van der Waals surface area contributed by atoms with Crippen molar-refractivity contribution in [3.05, 3.63) is 77.1 Å². The van der Waals surface area contributed by atoms with Crippen molar-refractivity contribution in [2.24, 2.45) is 7.05 Å². The minimum atomic E-state index is -1.15.